The van der Waals surface area contributed by atoms with Crippen molar-refractivity contribution in [3.63, 3.8) is 0 Å². The van der Waals surface area contributed by atoms with Crippen LogP contribution in [-0.4, -0.2) is 9.97 Å². The van der Waals surface area contributed by atoms with Crippen LogP contribution in [0.3, 0.4) is 0 Å². The van der Waals surface area contributed by atoms with Gasteiger partial charge >= 0.3 is 0 Å². The maximum Gasteiger partial charge on any atom is 0.131 e. The van der Waals surface area contributed by atoms with Gasteiger partial charge in [0.1, 0.15) is 5.82 Å². The van der Waals surface area contributed by atoms with Crippen molar-refractivity contribution in [2.24, 2.45) is 0 Å². The molecule has 0 spiro atoms. The highest BCUT2D eigenvalue weighted by molar-refractivity contribution is 5.39. The third kappa shape index (κ3) is 2.60. The summed E-state index contributed by atoms with van der Waals surface area (Å²) in [7, 11) is 0. The number of nitrogens with two attached hydrogens (primary N) is 1. The van der Waals surface area contributed by atoms with Gasteiger partial charge in [0.25, 0.3) is 0 Å². The molecule has 0 fully saturated rings. The van der Waals surface area contributed by atoms with Crippen LogP contribution in [-0.2, 0) is 19.3 Å². The molecular formula is C16H19N3. The summed E-state index contributed by atoms with van der Waals surface area (Å²) < 4.78 is 0. The predicted molar refractivity (Wildman–Crippen MR) is 77.0 cm³/mol. The van der Waals surface area contributed by atoms with E-state index in [1.165, 1.54) is 23.2 Å². The van der Waals surface area contributed by atoms with Crippen LogP contribution < -0.4 is 5.73 Å². The molecule has 0 bridgehead atoms. The average Bonchev–Trinajstić information content (AvgIpc) is 2.88. The van der Waals surface area contributed by atoms with Crippen molar-refractivity contribution >= 4 is 5.69 Å². The van der Waals surface area contributed by atoms with Gasteiger partial charge in [-0.15, -0.1) is 0 Å². The number of aromatic nitrogens is 2. The summed E-state index contributed by atoms with van der Waals surface area (Å²) in [5, 5.41) is 0. The molecule has 3 rings (SSSR count). The largest absolute Gasteiger partial charge is 0.399 e. The summed E-state index contributed by atoms with van der Waals surface area (Å²) in [6, 6.07) is 8.07. The Hall–Kier alpha value is -1.90. The highest BCUT2D eigenvalue weighted by atomic mass is 14.9. The Morgan fingerprint density at radius 1 is 1.21 bits per heavy atom. The topological polar surface area (TPSA) is 51.8 Å². The summed E-state index contributed by atoms with van der Waals surface area (Å²) >= 11 is 0. The second-order valence-electron chi connectivity index (χ2n) is 5.40. The van der Waals surface area contributed by atoms with E-state index in [1.54, 1.807) is 0 Å². The van der Waals surface area contributed by atoms with E-state index in [0.29, 0.717) is 5.92 Å². The Morgan fingerprint density at radius 2 is 2.00 bits per heavy atom. The van der Waals surface area contributed by atoms with Gasteiger partial charge in [0.15, 0.2) is 0 Å². The lowest BCUT2D eigenvalue weighted by Crippen LogP contribution is -2.06. The molecule has 2 aromatic rings. The summed E-state index contributed by atoms with van der Waals surface area (Å²) in [5.41, 5.74) is 10.4. The monoisotopic (exact) mass is 253 g/mol. The molecule has 1 aromatic heterocycles. The molecule has 0 saturated heterocycles. The molecule has 1 heterocycles. The van der Waals surface area contributed by atoms with Crippen molar-refractivity contribution in [2.75, 3.05) is 5.73 Å². The minimum atomic E-state index is 0.342. The van der Waals surface area contributed by atoms with Crippen LogP contribution in [0, 0.1) is 0 Å². The number of hydrogen-bond acceptors (Lipinski definition) is 3. The molecule has 3 heteroatoms. The Labute approximate surface area is 113 Å². The smallest absolute Gasteiger partial charge is 0.131 e. The van der Waals surface area contributed by atoms with Crippen LogP contribution in [0.4, 0.5) is 5.69 Å². The number of aryl methyl sites for hydroxylation is 2. The molecule has 0 saturated carbocycles. The van der Waals surface area contributed by atoms with E-state index in [0.717, 1.165) is 30.8 Å². The minimum Gasteiger partial charge on any atom is -0.399 e. The zero-order valence-electron chi connectivity index (χ0n) is 11.3. The van der Waals surface area contributed by atoms with E-state index < -0.39 is 0 Å². The number of benzene rings is 1. The standard InChI is InChI=1S/C16H19N3/c1-11(9-12-5-7-14(17)8-6-12)16-18-10-13-3-2-4-15(13)19-16/h5-8,10-11H,2-4,9,17H2,1H3. The van der Waals surface area contributed by atoms with E-state index in [-0.39, 0.29) is 0 Å². The zero-order chi connectivity index (χ0) is 13.2. The first-order chi connectivity index (χ1) is 9.22. The van der Waals surface area contributed by atoms with E-state index in [1.807, 2.05) is 18.3 Å². The van der Waals surface area contributed by atoms with Gasteiger partial charge in [-0.2, -0.15) is 0 Å². The summed E-state index contributed by atoms with van der Waals surface area (Å²) in [6.07, 6.45) is 6.45. The first-order valence-corrected chi connectivity index (χ1v) is 6.91. The fourth-order valence-electron chi connectivity index (χ4n) is 2.67. The third-order valence-corrected chi connectivity index (χ3v) is 3.79. The molecule has 98 valence electrons. The number of anilines is 1. The first kappa shape index (κ1) is 12.2. The van der Waals surface area contributed by atoms with Crippen molar-refractivity contribution < 1.29 is 0 Å². The molecule has 1 unspecified atom stereocenters. The average molecular weight is 253 g/mol. The maximum atomic E-state index is 5.71. The van der Waals surface area contributed by atoms with Gasteiger partial charge < -0.3 is 5.73 Å². The van der Waals surface area contributed by atoms with E-state index in [2.05, 4.69) is 24.0 Å². The second kappa shape index (κ2) is 5.00. The van der Waals surface area contributed by atoms with Crippen molar-refractivity contribution in [2.45, 2.75) is 38.5 Å². The summed E-state index contributed by atoms with van der Waals surface area (Å²) in [6.45, 7) is 2.19. The van der Waals surface area contributed by atoms with E-state index >= 15 is 0 Å². The normalized spacial score (nSPS) is 15.2. The quantitative estimate of drug-likeness (QED) is 0.856. The van der Waals surface area contributed by atoms with Gasteiger partial charge in [-0.1, -0.05) is 19.1 Å². The Bertz CT molecular complexity index is 575. The summed E-state index contributed by atoms with van der Waals surface area (Å²) in [5.74, 6) is 1.31. The van der Waals surface area contributed by atoms with Gasteiger partial charge in [-0.05, 0) is 48.9 Å². The predicted octanol–water partition coefficient (Wildman–Crippen LogP) is 2.89. The highest BCUT2D eigenvalue weighted by Gasteiger charge is 2.16. The molecule has 19 heavy (non-hydrogen) atoms. The highest BCUT2D eigenvalue weighted by Crippen LogP contribution is 2.23. The Morgan fingerprint density at radius 3 is 2.79 bits per heavy atom. The molecule has 1 aliphatic rings. The molecule has 3 nitrogen and oxygen atoms in total. The lowest BCUT2D eigenvalue weighted by Gasteiger charge is -2.11. The fraction of sp³-hybridized carbons (Fsp3) is 0.375. The van der Waals surface area contributed by atoms with Crippen molar-refractivity contribution in [3.05, 3.63) is 53.1 Å². The van der Waals surface area contributed by atoms with Gasteiger partial charge in [0.2, 0.25) is 0 Å². The lowest BCUT2D eigenvalue weighted by atomic mass is 10.00. The fourth-order valence-corrected chi connectivity index (χ4v) is 2.67. The van der Waals surface area contributed by atoms with Crippen molar-refractivity contribution in [3.8, 4) is 0 Å². The SMILES string of the molecule is CC(Cc1ccc(N)cc1)c1ncc2c(n1)CCC2. The number of rotatable bonds is 3. The van der Waals surface area contributed by atoms with Crippen LogP contribution in [0.2, 0.25) is 0 Å². The molecule has 0 radical (unpaired) electrons. The second-order valence-corrected chi connectivity index (χ2v) is 5.40. The summed E-state index contributed by atoms with van der Waals surface area (Å²) in [4.78, 5) is 9.26. The van der Waals surface area contributed by atoms with Gasteiger partial charge in [0.05, 0.1) is 0 Å². The van der Waals surface area contributed by atoms with E-state index in [4.69, 9.17) is 10.7 Å². The van der Waals surface area contributed by atoms with Gasteiger partial charge in [-0.25, -0.2) is 9.97 Å². The van der Waals surface area contributed by atoms with Gasteiger partial charge in [-0.3, -0.25) is 0 Å². The number of nitrogens with zero attached hydrogens (tertiary/aromatic N) is 2. The Kier molecular flexibility index (Phi) is 3.20. The molecule has 0 amide bonds. The number of fused-ring (bicyclic) bond motifs is 1. The van der Waals surface area contributed by atoms with Gasteiger partial charge in [0, 0.05) is 23.5 Å². The molecule has 1 atom stereocenters. The van der Waals surface area contributed by atoms with Crippen LogP contribution >= 0.6 is 0 Å². The Balaban J connectivity index is 1.76. The van der Waals surface area contributed by atoms with Crippen LogP contribution in [0.25, 0.3) is 0 Å². The van der Waals surface area contributed by atoms with Crippen LogP contribution in [0.15, 0.2) is 30.5 Å². The van der Waals surface area contributed by atoms with Crippen LogP contribution in [0.1, 0.15) is 41.9 Å². The van der Waals surface area contributed by atoms with Crippen molar-refractivity contribution in [1.82, 2.24) is 9.97 Å². The zero-order valence-corrected chi connectivity index (χ0v) is 11.3. The third-order valence-electron chi connectivity index (χ3n) is 3.79. The molecule has 1 aromatic carbocycles. The van der Waals surface area contributed by atoms with E-state index in [9.17, 15) is 0 Å². The minimum absolute atomic E-state index is 0.342. The molecular weight excluding hydrogens is 234 g/mol. The van der Waals surface area contributed by atoms with Crippen molar-refractivity contribution in [1.29, 1.82) is 0 Å². The maximum absolute atomic E-state index is 5.71. The lowest BCUT2D eigenvalue weighted by molar-refractivity contribution is 0.690. The first-order valence-electron chi connectivity index (χ1n) is 6.91. The molecule has 0 aliphatic heterocycles. The number of hydrogen-bond donors (Lipinski definition) is 1. The molecule has 1 aliphatic carbocycles. The number of nitrogen functional groups attached to an aromatic ring is 1. The molecule has 2 N–H and O–H groups in total. The van der Waals surface area contributed by atoms with Crippen LogP contribution in [0.5, 0.6) is 0 Å².